The third kappa shape index (κ3) is 1.74. The fourth-order valence-corrected chi connectivity index (χ4v) is 1.44. The van der Waals surface area contributed by atoms with Crippen LogP contribution >= 0.6 is 0 Å². The Bertz CT molecular complexity index is 442. The predicted octanol–water partition coefficient (Wildman–Crippen LogP) is 0.527. The summed E-state index contributed by atoms with van der Waals surface area (Å²) in [6.45, 7) is 1.47. The van der Waals surface area contributed by atoms with E-state index >= 15 is 0 Å². The first-order chi connectivity index (χ1) is 7.18. The molecule has 0 saturated heterocycles. The highest BCUT2D eigenvalue weighted by molar-refractivity contribution is 6.00. The highest BCUT2D eigenvalue weighted by Crippen LogP contribution is 2.22. The number of nitro benzene ring substituents is 1. The minimum absolute atomic E-state index is 0.0797. The molecule has 0 aromatic heterocycles. The van der Waals surface area contributed by atoms with Gasteiger partial charge in [0.15, 0.2) is 0 Å². The first kappa shape index (κ1) is 9.45. The molecule has 1 heterocycles. The SMILES string of the molecule is Nc1ccc(C2=NCCN2)cc1[N+](=O)[O-]. The Labute approximate surface area is 86.0 Å². The van der Waals surface area contributed by atoms with E-state index in [0.717, 1.165) is 6.54 Å². The molecule has 15 heavy (non-hydrogen) atoms. The molecule has 1 aliphatic heterocycles. The standard InChI is InChI=1S/C9H10N4O2/c10-7-2-1-6(5-8(7)13(14)15)9-11-3-4-12-9/h1-2,5H,3-4,10H2,(H,11,12). The molecule has 0 atom stereocenters. The van der Waals surface area contributed by atoms with Crippen LogP contribution in [0.5, 0.6) is 0 Å². The average Bonchev–Trinajstić information content (AvgIpc) is 2.71. The summed E-state index contributed by atoms with van der Waals surface area (Å²) in [6.07, 6.45) is 0. The van der Waals surface area contributed by atoms with Crippen LogP contribution in [0.2, 0.25) is 0 Å². The largest absolute Gasteiger partial charge is 0.393 e. The quantitative estimate of drug-likeness (QED) is 0.419. The van der Waals surface area contributed by atoms with E-state index in [4.69, 9.17) is 5.73 Å². The van der Waals surface area contributed by atoms with E-state index in [1.165, 1.54) is 12.1 Å². The average molecular weight is 206 g/mol. The van der Waals surface area contributed by atoms with E-state index in [0.29, 0.717) is 17.9 Å². The second kappa shape index (κ2) is 3.56. The molecule has 0 unspecified atom stereocenters. The Morgan fingerprint density at radius 2 is 2.33 bits per heavy atom. The number of nitrogens with one attached hydrogen (secondary N) is 1. The van der Waals surface area contributed by atoms with Crippen molar-refractivity contribution in [3.63, 3.8) is 0 Å². The van der Waals surface area contributed by atoms with Crippen molar-refractivity contribution in [1.29, 1.82) is 0 Å². The van der Waals surface area contributed by atoms with Crippen molar-refractivity contribution < 1.29 is 4.92 Å². The highest BCUT2D eigenvalue weighted by Gasteiger charge is 2.15. The molecule has 2 rings (SSSR count). The number of rotatable bonds is 2. The lowest BCUT2D eigenvalue weighted by Gasteiger charge is -2.03. The number of amidine groups is 1. The van der Waals surface area contributed by atoms with Crippen LogP contribution in [0.15, 0.2) is 23.2 Å². The molecular formula is C9H10N4O2. The van der Waals surface area contributed by atoms with Gasteiger partial charge < -0.3 is 11.1 Å². The maximum atomic E-state index is 10.7. The van der Waals surface area contributed by atoms with E-state index in [9.17, 15) is 10.1 Å². The summed E-state index contributed by atoms with van der Waals surface area (Å²) in [5.74, 6) is 0.693. The Morgan fingerprint density at radius 1 is 1.53 bits per heavy atom. The van der Waals surface area contributed by atoms with Gasteiger partial charge in [0.1, 0.15) is 11.5 Å². The van der Waals surface area contributed by atoms with E-state index in [1.807, 2.05) is 0 Å². The molecule has 6 nitrogen and oxygen atoms in total. The van der Waals surface area contributed by atoms with Gasteiger partial charge in [-0.25, -0.2) is 0 Å². The molecule has 0 aliphatic carbocycles. The van der Waals surface area contributed by atoms with Gasteiger partial charge in [-0.1, -0.05) is 0 Å². The molecule has 6 heteroatoms. The number of benzene rings is 1. The van der Waals surface area contributed by atoms with Crippen LogP contribution in [-0.4, -0.2) is 23.8 Å². The Hall–Kier alpha value is -2.11. The van der Waals surface area contributed by atoms with E-state index < -0.39 is 4.92 Å². The van der Waals surface area contributed by atoms with E-state index in [-0.39, 0.29) is 11.4 Å². The number of hydrogen-bond donors (Lipinski definition) is 2. The number of nitro groups is 1. The van der Waals surface area contributed by atoms with Gasteiger partial charge in [-0.05, 0) is 12.1 Å². The fourth-order valence-electron chi connectivity index (χ4n) is 1.44. The monoisotopic (exact) mass is 206 g/mol. The van der Waals surface area contributed by atoms with Crippen LogP contribution in [0.25, 0.3) is 0 Å². The van der Waals surface area contributed by atoms with Gasteiger partial charge in [-0.15, -0.1) is 0 Å². The Morgan fingerprint density at radius 3 is 2.93 bits per heavy atom. The van der Waals surface area contributed by atoms with E-state index in [1.54, 1.807) is 6.07 Å². The number of anilines is 1. The molecular weight excluding hydrogens is 196 g/mol. The van der Waals surface area contributed by atoms with Crippen molar-refractivity contribution in [2.75, 3.05) is 18.8 Å². The van der Waals surface area contributed by atoms with Crippen molar-refractivity contribution in [1.82, 2.24) is 5.32 Å². The molecule has 0 spiro atoms. The summed E-state index contributed by atoms with van der Waals surface area (Å²) in [5, 5.41) is 13.7. The number of aliphatic imine (C=N–C) groups is 1. The maximum Gasteiger partial charge on any atom is 0.292 e. The van der Waals surface area contributed by atoms with Gasteiger partial charge in [-0.2, -0.15) is 0 Å². The minimum Gasteiger partial charge on any atom is -0.393 e. The van der Waals surface area contributed by atoms with Crippen molar-refractivity contribution in [3.8, 4) is 0 Å². The molecule has 0 saturated carbocycles. The van der Waals surface area contributed by atoms with Gasteiger partial charge in [0.2, 0.25) is 0 Å². The van der Waals surface area contributed by atoms with Gasteiger partial charge >= 0.3 is 0 Å². The van der Waals surface area contributed by atoms with Crippen LogP contribution < -0.4 is 11.1 Å². The zero-order chi connectivity index (χ0) is 10.8. The molecule has 0 bridgehead atoms. The van der Waals surface area contributed by atoms with Crippen LogP contribution in [0, 0.1) is 10.1 Å². The summed E-state index contributed by atoms with van der Waals surface area (Å²) in [5.41, 5.74) is 6.28. The molecule has 1 aromatic rings. The Kier molecular flexibility index (Phi) is 2.24. The lowest BCUT2D eigenvalue weighted by atomic mass is 10.1. The second-order valence-corrected chi connectivity index (χ2v) is 3.19. The summed E-state index contributed by atoms with van der Waals surface area (Å²) in [4.78, 5) is 14.3. The van der Waals surface area contributed by atoms with Gasteiger partial charge in [-0.3, -0.25) is 15.1 Å². The molecule has 0 amide bonds. The second-order valence-electron chi connectivity index (χ2n) is 3.19. The zero-order valence-corrected chi connectivity index (χ0v) is 7.93. The number of hydrogen-bond acceptors (Lipinski definition) is 5. The summed E-state index contributed by atoms with van der Waals surface area (Å²) >= 11 is 0. The van der Waals surface area contributed by atoms with Crippen molar-refractivity contribution in [3.05, 3.63) is 33.9 Å². The topological polar surface area (TPSA) is 93.5 Å². The zero-order valence-electron chi connectivity index (χ0n) is 7.93. The van der Waals surface area contributed by atoms with Crippen molar-refractivity contribution in [2.24, 2.45) is 4.99 Å². The van der Waals surface area contributed by atoms with Crippen LogP contribution in [0.3, 0.4) is 0 Å². The van der Waals surface area contributed by atoms with Crippen LogP contribution in [0.1, 0.15) is 5.56 Å². The third-order valence-corrected chi connectivity index (χ3v) is 2.17. The lowest BCUT2D eigenvalue weighted by molar-refractivity contribution is -0.383. The van der Waals surface area contributed by atoms with E-state index in [2.05, 4.69) is 10.3 Å². The lowest BCUT2D eigenvalue weighted by Crippen LogP contribution is -2.19. The molecule has 1 aliphatic rings. The van der Waals surface area contributed by atoms with Gasteiger partial charge in [0, 0.05) is 18.2 Å². The summed E-state index contributed by atoms with van der Waals surface area (Å²) in [7, 11) is 0. The molecule has 0 radical (unpaired) electrons. The Balaban J connectivity index is 2.42. The third-order valence-electron chi connectivity index (χ3n) is 2.17. The normalized spacial score (nSPS) is 14.5. The molecule has 0 fully saturated rings. The molecule has 1 aromatic carbocycles. The molecule has 3 N–H and O–H groups in total. The van der Waals surface area contributed by atoms with Gasteiger partial charge in [0.25, 0.3) is 5.69 Å². The number of nitrogens with zero attached hydrogens (tertiary/aromatic N) is 2. The van der Waals surface area contributed by atoms with Crippen molar-refractivity contribution in [2.45, 2.75) is 0 Å². The first-order valence-corrected chi connectivity index (χ1v) is 4.51. The number of nitrogens with two attached hydrogens (primary N) is 1. The van der Waals surface area contributed by atoms with Crippen LogP contribution in [-0.2, 0) is 0 Å². The fraction of sp³-hybridized carbons (Fsp3) is 0.222. The maximum absolute atomic E-state index is 10.7. The summed E-state index contributed by atoms with van der Waals surface area (Å²) in [6, 6.07) is 4.68. The summed E-state index contributed by atoms with van der Waals surface area (Å²) < 4.78 is 0. The van der Waals surface area contributed by atoms with Gasteiger partial charge in [0.05, 0.1) is 11.5 Å². The molecule has 78 valence electrons. The highest BCUT2D eigenvalue weighted by atomic mass is 16.6. The smallest absolute Gasteiger partial charge is 0.292 e. The predicted molar refractivity (Wildman–Crippen MR) is 56.9 cm³/mol. The van der Waals surface area contributed by atoms with Crippen LogP contribution in [0.4, 0.5) is 11.4 Å². The van der Waals surface area contributed by atoms with Crippen molar-refractivity contribution >= 4 is 17.2 Å². The number of nitrogen functional groups attached to an aromatic ring is 1. The first-order valence-electron chi connectivity index (χ1n) is 4.51. The minimum atomic E-state index is -0.492.